The van der Waals surface area contributed by atoms with E-state index in [1.54, 1.807) is 12.1 Å². The molecular formula is C18H25FN2O2. The summed E-state index contributed by atoms with van der Waals surface area (Å²) in [6.07, 6.45) is 2.47. The van der Waals surface area contributed by atoms with Crippen molar-refractivity contribution in [1.82, 2.24) is 9.80 Å². The zero-order valence-corrected chi connectivity index (χ0v) is 13.9. The van der Waals surface area contributed by atoms with Crippen molar-refractivity contribution in [3.8, 4) is 0 Å². The summed E-state index contributed by atoms with van der Waals surface area (Å²) in [5, 5.41) is 0. The van der Waals surface area contributed by atoms with Gasteiger partial charge in [0.25, 0.3) is 0 Å². The summed E-state index contributed by atoms with van der Waals surface area (Å²) in [6.45, 7) is 6.48. The second-order valence-corrected chi connectivity index (χ2v) is 6.82. The van der Waals surface area contributed by atoms with Crippen molar-refractivity contribution < 1.29 is 13.9 Å². The normalized spacial score (nSPS) is 25.0. The lowest BCUT2D eigenvalue weighted by Gasteiger charge is -2.36. The van der Waals surface area contributed by atoms with Crippen LogP contribution in [-0.4, -0.2) is 53.6 Å². The van der Waals surface area contributed by atoms with Crippen LogP contribution in [0.1, 0.15) is 32.3 Å². The van der Waals surface area contributed by atoms with Gasteiger partial charge in [-0.25, -0.2) is 4.39 Å². The van der Waals surface area contributed by atoms with Gasteiger partial charge in [-0.1, -0.05) is 12.1 Å². The minimum Gasteiger partial charge on any atom is -0.372 e. The van der Waals surface area contributed by atoms with Crippen LogP contribution in [0.25, 0.3) is 0 Å². The van der Waals surface area contributed by atoms with E-state index in [0.717, 1.165) is 18.4 Å². The molecule has 1 saturated heterocycles. The molecule has 0 spiro atoms. The van der Waals surface area contributed by atoms with Crippen molar-refractivity contribution in [2.24, 2.45) is 0 Å². The molecule has 1 aromatic rings. The molecule has 1 aliphatic heterocycles. The molecule has 0 N–H and O–H groups in total. The maximum Gasteiger partial charge on any atom is 0.236 e. The van der Waals surface area contributed by atoms with Gasteiger partial charge >= 0.3 is 0 Å². The molecule has 4 nitrogen and oxygen atoms in total. The first-order chi connectivity index (χ1) is 11.0. The Morgan fingerprint density at radius 3 is 2.39 bits per heavy atom. The average Bonchev–Trinajstić information content (AvgIpc) is 3.32. The summed E-state index contributed by atoms with van der Waals surface area (Å²) in [6, 6.07) is 7.04. The van der Waals surface area contributed by atoms with E-state index >= 15 is 0 Å². The van der Waals surface area contributed by atoms with Gasteiger partial charge in [-0.3, -0.25) is 9.69 Å². The predicted octanol–water partition coefficient (Wildman–Crippen LogP) is 2.43. The number of nitrogens with zero attached hydrogens (tertiary/aromatic N) is 2. The number of hydrogen-bond donors (Lipinski definition) is 0. The van der Waals surface area contributed by atoms with Crippen LogP contribution in [0.2, 0.25) is 0 Å². The number of amides is 1. The Hall–Kier alpha value is -1.46. The van der Waals surface area contributed by atoms with E-state index in [1.165, 1.54) is 12.1 Å². The molecule has 3 rings (SSSR count). The number of rotatable bonds is 5. The molecule has 1 heterocycles. The zero-order chi connectivity index (χ0) is 16.4. The van der Waals surface area contributed by atoms with Gasteiger partial charge in [0.05, 0.1) is 18.8 Å². The van der Waals surface area contributed by atoms with Gasteiger partial charge in [-0.2, -0.15) is 0 Å². The van der Waals surface area contributed by atoms with E-state index in [2.05, 4.69) is 4.90 Å². The smallest absolute Gasteiger partial charge is 0.236 e. The van der Waals surface area contributed by atoms with E-state index in [9.17, 15) is 9.18 Å². The monoisotopic (exact) mass is 320 g/mol. The molecule has 126 valence electrons. The Kier molecular flexibility index (Phi) is 4.97. The van der Waals surface area contributed by atoms with Crippen molar-refractivity contribution in [3.63, 3.8) is 0 Å². The number of carbonyl (C=O) groups excluding carboxylic acids is 1. The van der Waals surface area contributed by atoms with Crippen LogP contribution in [0.3, 0.4) is 0 Å². The Balaban J connectivity index is 1.60. The van der Waals surface area contributed by atoms with Crippen LogP contribution in [0.5, 0.6) is 0 Å². The van der Waals surface area contributed by atoms with Crippen LogP contribution < -0.4 is 0 Å². The molecule has 2 aliphatic rings. The second kappa shape index (κ2) is 6.97. The molecular weight excluding hydrogens is 295 g/mol. The first-order valence-electron chi connectivity index (χ1n) is 8.43. The highest BCUT2D eigenvalue weighted by molar-refractivity contribution is 5.78. The minimum atomic E-state index is -0.223. The van der Waals surface area contributed by atoms with Crippen molar-refractivity contribution >= 4 is 5.91 Å². The van der Waals surface area contributed by atoms with Crippen molar-refractivity contribution in [3.05, 3.63) is 35.6 Å². The van der Waals surface area contributed by atoms with Crippen LogP contribution in [0, 0.1) is 5.82 Å². The number of halogens is 1. The first kappa shape index (κ1) is 16.4. The van der Waals surface area contributed by atoms with E-state index in [1.807, 2.05) is 18.7 Å². The van der Waals surface area contributed by atoms with Crippen LogP contribution in [-0.2, 0) is 16.1 Å². The van der Waals surface area contributed by atoms with Gasteiger partial charge in [0.15, 0.2) is 0 Å². The molecule has 1 aliphatic carbocycles. The lowest BCUT2D eigenvalue weighted by atomic mass is 10.2. The zero-order valence-electron chi connectivity index (χ0n) is 13.9. The lowest BCUT2D eigenvalue weighted by molar-refractivity contribution is -0.144. The van der Waals surface area contributed by atoms with E-state index in [4.69, 9.17) is 4.74 Å². The van der Waals surface area contributed by atoms with E-state index in [0.29, 0.717) is 32.2 Å². The summed E-state index contributed by atoms with van der Waals surface area (Å²) < 4.78 is 18.7. The fourth-order valence-electron chi connectivity index (χ4n) is 3.23. The fraction of sp³-hybridized carbons (Fsp3) is 0.611. The van der Waals surface area contributed by atoms with Gasteiger partial charge in [0, 0.05) is 25.7 Å². The average molecular weight is 320 g/mol. The largest absolute Gasteiger partial charge is 0.372 e. The molecule has 1 amide bonds. The molecule has 5 heteroatoms. The van der Waals surface area contributed by atoms with Crippen molar-refractivity contribution in [1.29, 1.82) is 0 Å². The van der Waals surface area contributed by atoms with Gasteiger partial charge < -0.3 is 9.64 Å². The van der Waals surface area contributed by atoms with Crippen molar-refractivity contribution in [2.45, 2.75) is 51.5 Å². The Morgan fingerprint density at radius 2 is 1.83 bits per heavy atom. The third kappa shape index (κ3) is 4.52. The molecule has 0 aromatic heterocycles. The highest BCUT2D eigenvalue weighted by Gasteiger charge is 2.33. The quantitative estimate of drug-likeness (QED) is 0.835. The molecule has 0 radical (unpaired) electrons. The minimum absolute atomic E-state index is 0.0918. The maximum absolute atomic E-state index is 13.0. The number of hydrogen-bond acceptors (Lipinski definition) is 3. The summed E-state index contributed by atoms with van der Waals surface area (Å²) in [4.78, 5) is 16.8. The SMILES string of the molecule is CC1CN(C(=O)CN(Cc2ccc(F)cc2)C2CC2)CC(C)O1. The fourth-order valence-corrected chi connectivity index (χ4v) is 3.23. The maximum atomic E-state index is 13.0. The number of morpholine rings is 1. The Labute approximate surface area is 137 Å². The Bertz CT molecular complexity index is 534. The standard InChI is InChI=1S/C18H25FN2O2/c1-13-9-21(10-14(2)23-13)18(22)12-20(17-7-8-17)11-15-3-5-16(19)6-4-15/h3-6,13-14,17H,7-12H2,1-2H3. The topological polar surface area (TPSA) is 32.8 Å². The van der Waals surface area contributed by atoms with Crippen LogP contribution >= 0.6 is 0 Å². The van der Waals surface area contributed by atoms with Crippen LogP contribution in [0.4, 0.5) is 4.39 Å². The lowest BCUT2D eigenvalue weighted by Crippen LogP contribution is -2.51. The predicted molar refractivity (Wildman–Crippen MR) is 86.4 cm³/mol. The summed E-state index contributed by atoms with van der Waals surface area (Å²) in [7, 11) is 0. The molecule has 2 fully saturated rings. The summed E-state index contributed by atoms with van der Waals surface area (Å²) in [5.41, 5.74) is 1.05. The van der Waals surface area contributed by atoms with Gasteiger partial charge in [-0.05, 0) is 44.4 Å². The Morgan fingerprint density at radius 1 is 1.22 bits per heavy atom. The number of benzene rings is 1. The van der Waals surface area contributed by atoms with E-state index in [-0.39, 0.29) is 23.9 Å². The number of ether oxygens (including phenoxy) is 1. The van der Waals surface area contributed by atoms with Gasteiger partial charge in [-0.15, -0.1) is 0 Å². The first-order valence-corrected chi connectivity index (χ1v) is 8.43. The molecule has 23 heavy (non-hydrogen) atoms. The summed E-state index contributed by atoms with van der Waals surface area (Å²) in [5.74, 6) is -0.0555. The summed E-state index contributed by atoms with van der Waals surface area (Å²) >= 11 is 0. The molecule has 2 unspecified atom stereocenters. The van der Waals surface area contributed by atoms with E-state index < -0.39 is 0 Å². The molecule has 0 bridgehead atoms. The third-order valence-electron chi connectivity index (χ3n) is 4.47. The molecule has 2 atom stereocenters. The highest BCUT2D eigenvalue weighted by Crippen LogP contribution is 2.28. The molecule has 1 aromatic carbocycles. The van der Waals surface area contributed by atoms with Gasteiger partial charge in [0.1, 0.15) is 5.82 Å². The van der Waals surface area contributed by atoms with Gasteiger partial charge in [0.2, 0.25) is 5.91 Å². The highest BCUT2D eigenvalue weighted by atomic mass is 19.1. The van der Waals surface area contributed by atoms with Crippen molar-refractivity contribution in [2.75, 3.05) is 19.6 Å². The molecule has 1 saturated carbocycles. The number of carbonyl (C=O) groups is 1. The second-order valence-electron chi connectivity index (χ2n) is 6.82. The third-order valence-corrected chi connectivity index (χ3v) is 4.47. The van der Waals surface area contributed by atoms with Crippen LogP contribution in [0.15, 0.2) is 24.3 Å².